The van der Waals surface area contributed by atoms with Crippen molar-refractivity contribution in [3.8, 4) is 5.69 Å². The topological polar surface area (TPSA) is 76.5 Å². The van der Waals surface area contributed by atoms with E-state index in [9.17, 15) is 9.59 Å². The number of fused-ring (bicyclic) bond motifs is 1. The SMILES string of the molecule is Cc1ccccc1-n1c(SCC(=O)NCCN2CCOCC2)nc2sccc2c1=O. The quantitative estimate of drug-likeness (QED) is 0.445. The Bertz CT molecular complexity index is 1090. The van der Waals surface area contributed by atoms with Crippen molar-refractivity contribution in [1.82, 2.24) is 19.8 Å². The standard InChI is InChI=1S/C21H24N4O3S2/c1-15-4-2-3-5-17(15)25-20(27)16-6-13-29-19(16)23-21(25)30-14-18(26)22-7-8-24-9-11-28-12-10-24/h2-6,13H,7-12,14H2,1H3,(H,22,26). The number of aromatic nitrogens is 2. The lowest BCUT2D eigenvalue weighted by Crippen LogP contribution is -2.41. The van der Waals surface area contributed by atoms with Gasteiger partial charge in [0.1, 0.15) is 4.83 Å². The van der Waals surface area contributed by atoms with Crippen molar-refractivity contribution in [2.75, 3.05) is 45.1 Å². The summed E-state index contributed by atoms with van der Waals surface area (Å²) in [5, 5.41) is 5.97. The van der Waals surface area contributed by atoms with Gasteiger partial charge in [0.2, 0.25) is 5.91 Å². The van der Waals surface area contributed by atoms with E-state index in [-0.39, 0.29) is 17.2 Å². The average molecular weight is 445 g/mol. The second kappa shape index (κ2) is 9.74. The van der Waals surface area contributed by atoms with E-state index >= 15 is 0 Å². The monoisotopic (exact) mass is 444 g/mol. The fourth-order valence-corrected chi connectivity index (χ4v) is 5.02. The predicted molar refractivity (Wildman–Crippen MR) is 121 cm³/mol. The van der Waals surface area contributed by atoms with Gasteiger partial charge in [-0.05, 0) is 30.0 Å². The Balaban J connectivity index is 1.48. The Labute approximate surface area is 183 Å². The van der Waals surface area contributed by atoms with Gasteiger partial charge in [0, 0.05) is 26.2 Å². The number of nitrogens with one attached hydrogen (secondary N) is 1. The number of nitrogens with zero attached hydrogens (tertiary/aromatic N) is 3. The summed E-state index contributed by atoms with van der Waals surface area (Å²) in [4.78, 5) is 33.2. The number of rotatable bonds is 7. The first kappa shape index (κ1) is 21.0. The van der Waals surface area contributed by atoms with Gasteiger partial charge < -0.3 is 10.1 Å². The molecule has 0 aliphatic carbocycles. The van der Waals surface area contributed by atoms with Crippen LogP contribution in [-0.2, 0) is 9.53 Å². The van der Waals surface area contributed by atoms with Crippen LogP contribution in [0.5, 0.6) is 0 Å². The molecule has 9 heteroatoms. The molecule has 0 bridgehead atoms. The summed E-state index contributed by atoms with van der Waals surface area (Å²) in [7, 11) is 0. The molecule has 0 unspecified atom stereocenters. The Morgan fingerprint density at radius 2 is 2.07 bits per heavy atom. The highest BCUT2D eigenvalue weighted by molar-refractivity contribution is 7.99. The Kier molecular flexibility index (Phi) is 6.83. The van der Waals surface area contributed by atoms with Gasteiger partial charge in [-0.15, -0.1) is 11.3 Å². The number of aryl methyl sites for hydroxylation is 1. The molecule has 1 aliphatic heterocycles. The summed E-state index contributed by atoms with van der Waals surface area (Å²) < 4.78 is 6.96. The van der Waals surface area contributed by atoms with Crippen molar-refractivity contribution in [2.45, 2.75) is 12.1 Å². The Morgan fingerprint density at radius 3 is 2.87 bits per heavy atom. The van der Waals surface area contributed by atoms with Gasteiger partial charge in [-0.1, -0.05) is 30.0 Å². The number of thiophene rings is 1. The van der Waals surface area contributed by atoms with Gasteiger partial charge in [0.05, 0.1) is 30.0 Å². The molecule has 30 heavy (non-hydrogen) atoms. The molecule has 1 aliphatic rings. The molecule has 7 nitrogen and oxygen atoms in total. The fourth-order valence-electron chi connectivity index (χ4n) is 3.38. The maximum Gasteiger partial charge on any atom is 0.267 e. The number of carbonyl (C=O) groups excluding carboxylic acids is 1. The highest BCUT2D eigenvalue weighted by Crippen LogP contribution is 2.25. The maximum absolute atomic E-state index is 13.2. The first-order valence-electron chi connectivity index (χ1n) is 9.89. The molecule has 1 aromatic carbocycles. The van der Waals surface area contributed by atoms with Gasteiger partial charge in [0.25, 0.3) is 5.56 Å². The largest absolute Gasteiger partial charge is 0.379 e. The van der Waals surface area contributed by atoms with E-state index < -0.39 is 0 Å². The first-order chi connectivity index (χ1) is 14.6. The minimum Gasteiger partial charge on any atom is -0.379 e. The molecular weight excluding hydrogens is 420 g/mol. The van der Waals surface area contributed by atoms with Crippen molar-refractivity contribution in [3.63, 3.8) is 0 Å². The number of hydrogen-bond acceptors (Lipinski definition) is 7. The fraction of sp³-hybridized carbons (Fsp3) is 0.381. The van der Waals surface area contributed by atoms with Gasteiger partial charge >= 0.3 is 0 Å². The third-order valence-corrected chi connectivity index (χ3v) is 6.75. The van der Waals surface area contributed by atoms with E-state index in [4.69, 9.17) is 4.74 Å². The van der Waals surface area contributed by atoms with Gasteiger partial charge in [-0.3, -0.25) is 19.1 Å². The number of benzene rings is 1. The molecule has 1 amide bonds. The average Bonchev–Trinajstić information content (AvgIpc) is 3.23. The lowest BCUT2D eigenvalue weighted by Gasteiger charge is -2.26. The predicted octanol–water partition coefficient (Wildman–Crippen LogP) is 2.30. The van der Waals surface area contributed by atoms with E-state index in [1.807, 2.05) is 36.6 Å². The molecule has 4 rings (SSSR count). The lowest BCUT2D eigenvalue weighted by atomic mass is 10.2. The van der Waals surface area contributed by atoms with Crippen LogP contribution in [-0.4, -0.2) is 65.5 Å². The van der Waals surface area contributed by atoms with E-state index in [1.54, 1.807) is 10.6 Å². The van der Waals surface area contributed by atoms with Gasteiger partial charge in [0.15, 0.2) is 5.16 Å². The summed E-state index contributed by atoms with van der Waals surface area (Å²) >= 11 is 2.72. The number of thioether (sulfide) groups is 1. The molecule has 1 fully saturated rings. The summed E-state index contributed by atoms with van der Waals surface area (Å²) in [6.07, 6.45) is 0. The number of carbonyl (C=O) groups is 1. The molecular formula is C21H24N4O3S2. The number of para-hydroxylation sites is 1. The van der Waals surface area contributed by atoms with Crippen molar-refractivity contribution >= 4 is 39.2 Å². The number of morpholine rings is 1. The van der Waals surface area contributed by atoms with E-state index in [1.165, 1.54) is 23.1 Å². The third kappa shape index (κ3) is 4.75. The molecule has 3 aromatic rings. The summed E-state index contributed by atoms with van der Waals surface area (Å²) in [5.74, 6) is 0.142. The van der Waals surface area contributed by atoms with Crippen LogP contribution in [0.25, 0.3) is 15.9 Å². The highest BCUT2D eigenvalue weighted by Gasteiger charge is 2.17. The van der Waals surface area contributed by atoms with E-state index in [2.05, 4.69) is 15.2 Å². The number of amides is 1. The van der Waals surface area contributed by atoms with E-state index in [0.717, 1.165) is 44.1 Å². The van der Waals surface area contributed by atoms with E-state index in [0.29, 0.717) is 21.9 Å². The molecule has 2 aromatic heterocycles. The second-order valence-corrected chi connectivity index (χ2v) is 8.89. The minimum atomic E-state index is -0.106. The number of ether oxygens (including phenoxy) is 1. The minimum absolute atomic E-state index is 0.0647. The summed E-state index contributed by atoms with van der Waals surface area (Å²) in [6.45, 7) is 6.67. The highest BCUT2D eigenvalue weighted by atomic mass is 32.2. The van der Waals surface area contributed by atoms with Crippen LogP contribution < -0.4 is 10.9 Å². The van der Waals surface area contributed by atoms with Crippen molar-refractivity contribution in [2.24, 2.45) is 0 Å². The molecule has 0 saturated carbocycles. The molecule has 3 heterocycles. The zero-order chi connectivity index (χ0) is 20.9. The third-order valence-electron chi connectivity index (χ3n) is 5.01. The van der Waals surface area contributed by atoms with Crippen LogP contribution in [0.2, 0.25) is 0 Å². The van der Waals surface area contributed by atoms with Crippen LogP contribution in [0, 0.1) is 6.92 Å². The Morgan fingerprint density at radius 1 is 1.27 bits per heavy atom. The molecule has 0 atom stereocenters. The normalized spacial score (nSPS) is 14.8. The molecule has 1 N–H and O–H groups in total. The van der Waals surface area contributed by atoms with Crippen molar-refractivity contribution in [1.29, 1.82) is 0 Å². The van der Waals surface area contributed by atoms with Crippen LogP contribution in [0.15, 0.2) is 45.7 Å². The molecule has 0 spiro atoms. The summed E-state index contributed by atoms with van der Waals surface area (Å²) in [6, 6.07) is 9.51. The van der Waals surface area contributed by atoms with Gasteiger partial charge in [-0.2, -0.15) is 0 Å². The molecule has 0 radical (unpaired) electrons. The second-order valence-electron chi connectivity index (χ2n) is 7.05. The lowest BCUT2D eigenvalue weighted by molar-refractivity contribution is -0.118. The smallest absolute Gasteiger partial charge is 0.267 e. The molecule has 158 valence electrons. The van der Waals surface area contributed by atoms with Crippen LogP contribution in [0.1, 0.15) is 5.56 Å². The van der Waals surface area contributed by atoms with Crippen LogP contribution >= 0.6 is 23.1 Å². The Hall–Kier alpha value is -2.20. The van der Waals surface area contributed by atoms with Crippen LogP contribution in [0.3, 0.4) is 0 Å². The maximum atomic E-state index is 13.2. The molecule has 1 saturated heterocycles. The zero-order valence-electron chi connectivity index (χ0n) is 16.8. The first-order valence-corrected chi connectivity index (χ1v) is 11.8. The summed E-state index contributed by atoms with van der Waals surface area (Å²) in [5.41, 5.74) is 1.66. The zero-order valence-corrected chi connectivity index (χ0v) is 18.4. The van der Waals surface area contributed by atoms with Crippen LogP contribution in [0.4, 0.5) is 0 Å². The van der Waals surface area contributed by atoms with Gasteiger partial charge in [-0.25, -0.2) is 4.98 Å². The number of hydrogen-bond donors (Lipinski definition) is 1. The van der Waals surface area contributed by atoms with Crippen molar-refractivity contribution < 1.29 is 9.53 Å². The van der Waals surface area contributed by atoms with Crippen molar-refractivity contribution in [3.05, 3.63) is 51.6 Å².